The molecule has 3 heteroatoms. The van der Waals surface area contributed by atoms with Gasteiger partial charge in [-0.25, -0.2) is 4.98 Å². The van der Waals surface area contributed by atoms with Gasteiger partial charge < -0.3 is 4.42 Å². The fourth-order valence-corrected chi connectivity index (χ4v) is 2.64. The molecule has 3 aromatic rings. The van der Waals surface area contributed by atoms with E-state index in [0.717, 1.165) is 16.7 Å². The van der Waals surface area contributed by atoms with E-state index in [2.05, 4.69) is 58.7 Å². The van der Waals surface area contributed by atoms with Crippen LogP contribution in [0.4, 0.5) is 0 Å². The van der Waals surface area contributed by atoms with E-state index in [9.17, 15) is 0 Å². The van der Waals surface area contributed by atoms with Crippen LogP contribution in [0.15, 0.2) is 41.1 Å². The number of hydrogen-bond donors (Lipinski definition) is 0. The lowest BCUT2D eigenvalue weighted by Gasteiger charge is -2.24. The Balaban J connectivity index is 2.28. The predicted octanol–water partition coefficient (Wildman–Crippen LogP) is 5.48. The van der Waals surface area contributed by atoms with Crippen LogP contribution in [-0.4, -0.2) is 9.97 Å². The van der Waals surface area contributed by atoms with Gasteiger partial charge in [0.1, 0.15) is 5.52 Å². The molecule has 0 unspecified atom stereocenters. The first-order valence-corrected chi connectivity index (χ1v) is 8.02. The Hall–Kier alpha value is -2.16. The summed E-state index contributed by atoms with van der Waals surface area (Å²) in [4.78, 5) is 8.88. The van der Waals surface area contributed by atoms with Crippen molar-refractivity contribution in [2.75, 3.05) is 0 Å². The molecule has 2 aromatic heterocycles. The molecule has 0 atom stereocenters. The molecule has 3 nitrogen and oxygen atoms in total. The quantitative estimate of drug-likeness (QED) is 0.597. The van der Waals surface area contributed by atoms with Crippen molar-refractivity contribution < 1.29 is 4.42 Å². The van der Waals surface area contributed by atoms with E-state index in [-0.39, 0.29) is 10.8 Å². The summed E-state index contributed by atoms with van der Waals surface area (Å²) in [7, 11) is 0. The molecule has 120 valence electrons. The van der Waals surface area contributed by atoms with E-state index in [4.69, 9.17) is 9.40 Å². The van der Waals surface area contributed by atoms with E-state index < -0.39 is 0 Å². The average Bonchev–Trinajstić information content (AvgIpc) is 2.89. The lowest BCUT2D eigenvalue weighted by molar-refractivity contribution is 0.552. The van der Waals surface area contributed by atoms with Crippen LogP contribution in [0.5, 0.6) is 0 Å². The summed E-state index contributed by atoms with van der Waals surface area (Å²) in [6.45, 7) is 13.3. The molecule has 1 aromatic carbocycles. The maximum Gasteiger partial charge on any atom is 0.228 e. The van der Waals surface area contributed by atoms with Crippen molar-refractivity contribution in [2.45, 2.75) is 52.4 Å². The smallest absolute Gasteiger partial charge is 0.228 e. The van der Waals surface area contributed by atoms with Crippen LogP contribution in [0.25, 0.3) is 22.6 Å². The van der Waals surface area contributed by atoms with Gasteiger partial charge >= 0.3 is 0 Å². The molecule has 0 aliphatic carbocycles. The van der Waals surface area contributed by atoms with Crippen LogP contribution >= 0.6 is 0 Å². The predicted molar refractivity (Wildman–Crippen MR) is 94.6 cm³/mol. The Bertz CT molecular complexity index is 834. The number of aromatic nitrogens is 2. The largest absolute Gasteiger partial charge is 0.436 e. The van der Waals surface area contributed by atoms with Gasteiger partial charge in [0.15, 0.2) is 5.58 Å². The maximum absolute atomic E-state index is 6.13. The van der Waals surface area contributed by atoms with Gasteiger partial charge in [0.05, 0.1) is 5.56 Å². The highest BCUT2D eigenvalue weighted by Crippen LogP contribution is 2.36. The molecule has 0 spiro atoms. The summed E-state index contributed by atoms with van der Waals surface area (Å²) in [5, 5.41) is 0. The molecular weight excluding hydrogens is 284 g/mol. The number of hydrogen-bond acceptors (Lipinski definition) is 3. The van der Waals surface area contributed by atoms with Gasteiger partial charge in [0, 0.05) is 18.0 Å². The highest BCUT2D eigenvalue weighted by atomic mass is 16.3. The fourth-order valence-electron chi connectivity index (χ4n) is 2.64. The van der Waals surface area contributed by atoms with E-state index in [1.165, 1.54) is 11.1 Å². The molecule has 0 N–H and O–H groups in total. The van der Waals surface area contributed by atoms with Crippen molar-refractivity contribution in [3.63, 3.8) is 0 Å². The third-order valence-electron chi connectivity index (χ3n) is 4.07. The van der Waals surface area contributed by atoms with Crippen molar-refractivity contribution in [3.8, 4) is 11.5 Å². The monoisotopic (exact) mass is 308 g/mol. The van der Waals surface area contributed by atoms with Gasteiger partial charge in [0.2, 0.25) is 5.89 Å². The summed E-state index contributed by atoms with van der Waals surface area (Å²) in [5.41, 5.74) is 5.24. The zero-order valence-electron chi connectivity index (χ0n) is 14.8. The van der Waals surface area contributed by atoms with Crippen LogP contribution in [0.3, 0.4) is 0 Å². The van der Waals surface area contributed by atoms with E-state index in [0.29, 0.717) is 5.89 Å². The Morgan fingerprint density at radius 3 is 2.26 bits per heavy atom. The van der Waals surface area contributed by atoms with Crippen molar-refractivity contribution in [1.82, 2.24) is 9.97 Å². The number of rotatable bonds is 1. The molecule has 0 saturated heterocycles. The molecule has 2 heterocycles. The first kappa shape index (κ1) is 15.7. The molecule has 0 bridgehead atoms. The van der Waals surface area contributed by atoms with Gasteiger partial charge in [-0.2, -0.15) is 0 Å². The molecule has 0 fully saturated rings. The standard InChI is InChI=1S/C20H24N2O/c1-19(2,3)14-10-15(20(4,5)6)17-16(11-14)22-18(23-17)13-8-7-9-21-12-13/h7-12H,1-6H3. The van der Waals surface area contributed by atoms with Crippen LogP contribution in [-0.2, 0) is 10.8 Å². The number of oxazole rings is 1. The fraction of sp³-hybridized carbons (Fsp3) is 0.400. The van der Waals surface area contributed by atoms with E-state index in [1.807, 2.05) is 12.1 Å². The molecular formula is C20H24N2O. The lowest BCUT2D eigenvalue weighted by Crippen LogP contribution is -2.16. The number of nitrogens with zero attached hydrogens (tertiary/aromatic N) is 2. The SMILES string of the molecule is CC(C)(C)c1cc(C(C)(C)C)c2oc(-c3cccnc3)nc2c1. The summed E-state index contributed by atoms with van der Waals surface area (Å²) in [6, 6.07) is 8.28. The molecule has 0 amide bonds. The van der Waals surface area contributed by atoms with Crippen LogP contribution in [0.2, 0.25) is 0 Å². The second-order valence-electron chi connectivity index (χ2n) is 8.13. The molecule has 0 radical (unpaired) electrons. The molecule has 0 aliphatic heterocycles. The average molecular weight is 308 g/mol. The van der Waals surface area contributed by atoms with Crippen molar-refractivity contribution in [1.29, 1.82) is 0 Å². The summed E-state index contributed by atoms with van der Waals surface area (Å²) in [6.07, 6.45) is 3.54. The summed E-state index contributed by atoms with van der Waals surface area (Å²) >= 11 is 0. The minimum atomic E-state index is -0.00868. The van der Waals surface area contributed by atoms with Crippen LogP contribution in [0, 0.1) is 0 Å². The molecule has 0 aliphatic rings. The number of pyridine rings is 1. The highest BCUT2D eigenvalue weighted by molar-refractivity contribution is 5.81. The van der Waals surface area contributed by atoms with Crippen LogP contribution in [0.1, 0.15) is 52.7 Å². The zero-order chi connectivity index (χ0) is 16.8. The van der Waals surface area contributed by atoms with Crippen LogP contribution < -0.4 is 0 Å². The molecule has 0 saturated carbocycles. The van der Waals surface area contributed by atoms with Crippen molar-refractivity contribution >= 4 is 11.1 Å². The Labute approximate surface area is 137 Å². The minimum absolute atomic E-state index is 0.00868. The van der Waals surface area contributed by atoms with Gasteiger partial charge in [-0.05, 0) is 34.6 Å². The summed E-state index contributed by atoms with van der Waals surface area (Å²) in [5.74, 6) is 0.629. The number of fused-ring (bicyclic) bond motifs is 1. The normalized spacial score (nSPS) is 12.8. The third kappa shape index (κ3) is 3.00. The first-order valence-electron chi connectivity index (χ1n) is 8.02. The van der Waals surface area contributed by atoms with Gasteiger partial charge in [-0.1, -0.05) is 47.6 Å². The van der Waals surface area contributed by atoms with E-state index in [1.54, 1.807) is 12.4 Å². The maximum atomic E-state index is 6.13. The second kappa shape index (κ2) is 5.19. The third-order valence-corrected chi connectivity index (χ3v) is 4.07. The van der Waals surface area contributed by atoms with Crippen molar-refractivity contribution in [2.24, 2.45) is 0 Å². The van der Waals surface area contributed by atoms with Gasteiger partial charge in [-0.3, -0.25) is 4.98 Å². The molecule has 23 heavy (non-hydrogen) atoms. The van der Waals surface area contributed by atoms with Gasteiger partial charge in [0.25, 0.3) is 0 Å². The topological polar surface area (TPSA) is 38.9 Å². The Morgan fingerprint density at radius 1 is 0.957 bits per heavy atom. The first-order chi connectivity index (χ1) is 10.7. The van der Waals surface area contributed by atoms with Gasteiger partial charge in [-0.15, -0.1) is 0 Å². The lowest BCUT2D eigenvalue weighted by atomic mass is 9.80. The Kier molecular flexibility index (Phi) is 3.55. The molecule has 3 rings (SSSR count). The second-order valence-corrected chi connectivity index (χ2v) is 8.13. The zero-order valence-corrected chi connectivity index (χ0v) is 14.8. The van der Waals surface area contributed by atoms with E-state index >= 15 is 0 Å². The number of benzene rings is 1. The summed E-state index contributed by atoms with van der Waals surface area (Å²) < 4.78 is 6.13. The van der Waals surface area contributed by atoms with Crippen molar-refractivity contribution in [3.05, 3.63) is 47.8 Å². The Morgan fingerprint density at radius 2 is 1.70 bits per heavy atom. The minimum Gasteiger partial charge on any atom is -0.436 e. The highest BCUT2D eigenvalue weighted by Gasteiger charge is 2.25.